The number of piperazine rings is 1. The summed E-state index contributed by atoms with van der Waals surface area (Å²) in [6, 6.07) is 7.39. The first kappa shape index (κ1) is 16.5. The number of hydrogen-bond donors (Lipinski definition) is 1. The number of rotatable bonds is 2. The highest BCUT2D eigenvalue weighted by Crippen LogP contribution is 2.20. The lowest BCUT2D eigenvalue weighted by atomic mass is 10.2. The maximum Gasteiger partial charge on any atom is 0.246 e. The average Bonchev–Trinajstić information content (AvgIpc) is 2.80. The van der Waals surface area contributed by atoms with Crippen molar-refractivity contribution >= 4 is 40.9 Å². The maximum absolute atomic E-state index is 12.6. The maximum atomic E-state index is 12.6. The first-order valence-corrected chi connectivity index (χ1v) is 9.33. The number of nitrogens with zero attached hydrogens (tertiary/aromatic N) is 2. The fraction of sp³-hybridized carbons (Fsp3) is 0.500. The Bertz CT molecular complexity index is 573. The van der Waals surface area contributed by atoms with Crippen LogP contribution in [0, 0.1) is 0 Å². The van der Waals surface area contributed by atoms with Crippen molar-refractivity contribution in [2.45, 2.75) is 12.5 Å². The smallest absolute Gasteiger partial charge is 0.246 e. The van der Waals surface area contributed by atoms with Crippen LogP contribution in [0.1, 0.15) is 6.42 Å². The zero-order chi connectivity index (χ0) is 16.2. The van der Waals surface area contributed by atoms with Gasteiger partial charge in [0, 0.05) is 54.8 Å². The van der Waals surface area contributed by atoms with Crippen molar-refractivity contribution in [3.8, 4) is 0 Å². The molecule has 0 aliphatic carbocycles. The van der Waals surface area contributed by atoms with Crippen molar-refractivity contribution in [3.05, 3.63) is 29.3 Å². The highest BCUT2D eigenvalue weighted by atomic mass is 35.5. The Labute approximate surface area is 145 Å². The van der Waals surface area contributed by atoms with Crippen LogP contribution in [0.4, 0.5) is 5.69 Å². The molecule has 7 heteroatoms. The fourth-order valence-corrected chi connectivity index (χ4v) is 3.95. The van der Waals surface area contributed by atoms with E-state index < -0.39 is 0 Å². The number of anilines is 1. The molecular formula is C16H20ClN3O2S. The third kappa shape index (κ3) is 4.12. The predicted octanol–water partition coefficient (Wildman–Crippen LogP) is 1.61. The van der Waals surface area contributed by atoms with Crippen LogP contribution < -0.4 is 10.2 Å². The lowest BCUT2D eigenvalue weighted by Crippen LogP contribution is -2.55. The normalized spacial score (nSPS) is 22.5. The van der Waals surface area contributed by atoms with Gasteiger partial charge >= 0.3 is 0 Å². The van der Waals surface area contributed by atoms with E-state index in [2.05, 4.69) is 10.2 Å². The minimum Gasteiger partial charge on any atom is -0.368 e. The van der Waals surface area contributed by atoms with Crippen LogP contribution in [0.25, 0.3) is 0 Å². The molecule has 1 atom stereocenters. The van der Waals surface area contributed by atoms with E-state index in [1.54, 1.807) is 11.8 Å². The number of amides is 2. The van der Waals surface area contributed by atoms with Crippen molar-refractivity contribution in [2.75, 3.05) is 42.6 Å². The molecule has 5 nitrogen and oxygen atoms in total. The van der Waals surface area contributed by atoms with Crippen LogP contribution in [0.3, 0.4) is 0 Å². The van der Waals surface area contributed by atoms with Gasteiger partial charge in [-0.05, 0) is 24.3 Å². The van der Waals surface area contributed by atoms with Gasteiger partial charge in [-0.25, -0.2) is 0 Å². The quantitative estimate of drug-likeness (QED) is 0.877. The molecule has 23 heavy (non-hydrogen) atoms. The molecule has 0 radical (unpaired) electrons. The summed E-state index contributed by atoms with van der Waals surface area (Å²) >= 11 is 7.58. The standard InChI is InChI=1S/C16H20ClN3O2S/c17-12-1-3-13(4-2-12)19-6-8-20(9-7-19)16(22)14-11-23-10-5-15(21)18-14/h1-4,14H,5-11H2,(H,18,21)/t14-/m1/s1. The van der Waals surface area contributed by atoms with Gasteiger partial charge in [-0.15, -0.1) is 0 Å². The summed E-state index contributed by atoms with van der Waals surface area (Å²) in [5.74, 6) is 1.48. The molecule has 3 rings (SSSR count). The predicted molar refractivity (Wildman–Crippen MR) is 94.1 cm³/mol. The summed E-state index contributed by atoms with van der Waals surface area (Å²) in [4.78, 5) is 28.3. The zero-order valence-corrected chi connectivity index (χ0v) is 14.4. The minimum atomic E-state index is -0.378. The highest BCUT2D eigenvalue weighted by molar-refractivity contribution is 7.99. The van der Waals surface area contributed by atoms with E-state index in [1.807, 2.05) is 29.2 Å². The van der Waals surface area contributed by atoms with E-state index in [1.165, 1.54) is 0 Å². The fourth-order valence-electron chi connectivity index (χ4n) is 2.86. The Hall–Kier alpha value is -1.40. The number of thioether (sulfide) groups is 1. The number of halogens is 1. The Morgan fingerprint density at radius 2 is 1.87 bits per heavy atom. The monoisotopic (exact) mass is 353 g/mol. The topological polar surface area (TPSA) is 52.7 Å². The van der Waals surface area contributed by atoms with Crippen LogP contribution in [-0.4, -0.2) is 60.4 Å². The minimum absolute atomic E-state index is 0.0202. The van der Waals surface area contributed by atoms with E-state index in [0.717, 1.165) is 29.6 Å². The second-order valence-electron chi connectivity index (χ2n) is 5.73. The Morgan fingerprint density at radius 3 is 2.57 bits per heavy atom. The summed E-state index contributed by atoms with van der Waals surface area (Å²) in [5, 5.41) is 3.57. The van der Waals surface area contributed by atoms with Crippen LogP contribution in [-0.2, 0) is 9.59 Å². The third-order valence-corrected chi connectivity index (χ3v) is 5.49. The zero-order valence-electron chi connectivity index (χ0n) is 12.8. The second-order valence-corrected chi connectivity index (χ2v) is 7.32. The number of benzene rings is 1. The molecule has 124 valence electrons. The molecule has 2 aliphatic heterocycles. The molecule has 0 bridgehead atoms. The Balaban J connectivity index is 1.56. The van der Waals surface area contributed by atoms with Crippen molar-refractivity contribution in [2.24, 2.45) is 0 Å². The summed E-state index contributed by atoms with van der Waals surface area (Å²) in [7, 11) is 0. The molecule has 2 saturated heterocycles. The highest BCUT2D eigenvalue weighted by Gasteiger charge is 2.29. The molecule has 0 spiro atoms. The summed E-state index contributed by atoms with van der Waals surface area (Å²) in [6.45, 7) is 2.94. The molecular weight excluding hydrogens is 334 g/mol. The van der Waals surface area contributed by atoms with Gasteiger partial charge in [0.1, 0.15) is 6.04 Å². The first-order chi connectivity index (χ1) is 11.1. The van der Waals surface area contributed by atoms with Crippen LogP contribution in [0.2, 0.25) is 5.02 Å². The lowest BCUT2D eigenvalue weighted by Gasteiger charge is -2.37. The van der Waals surface area contributed by atoms with Gasteiger partial charge in [-0.3, -0.25) is 9.59 Å². The van der Waals surface area contributed by atoms with Crippen LogP contribution in [0.15, 0.2) is 24.3 Å². The van der Waals surface area contributed by atoms with Gasteiger partial charge < -0.3 is 15.1 Å². The van der Waals surface area contributed by atoms with Gasteiger partial charge in [0.15, 0.2) is 0 Å². The largest absolute Gasteiger partial charge is 0.368 e. The molecule has 2 fully saturated rings. The van der Waals surface area contributed by atoms with Crippen LogP contribution >= 0.6 is 23.4 Å². The molecule has 2 heterocycles. The molecule has 1 N–H and O–H groups in total. The van der Waals surface area contributed by atoms with Gasteiger partial charge in [0.05, 0.1) is 0 Å². The summed E-state index contributed by atoms with van der Waals surface area (Å²) in [6.07, 6.45) is 0.499. The molecule has 1 aromatic carbocycles. The van der Waals surface area contributed by atoms with Crippen molar-refractivity contribution in [1.82, 2.24) is 10.2 Å². The summed E-state index contributed by atoms with van der Waals surface area (Å²) < 4.78 is 0. The van der Waals surface area contributed by atoms with Gasteiger partial charge in [0.25, 0.3) is 0 Å². The van der Waals surface area contributed by atoms with Gasteiger partial charge in [0.2, 0.25) is 11.8 Å². The lowest BCUT2D eigenvalue weighted by molar-refractivity contribution is -0.135. The Kier molecular flexibility index (Phi) is 5.33. The number of hydrogen-bond acceptors (Lipinski definition) is 4. The van der Waals surface area contributed by atoms with E-state index in [-0.39, 0.29) is 17.9 Å². The third-order valence-electron chi connectivity index (χ3n) is 4.17. The van der Waals surface area contributed by atoms with Crippen molar-refractivity contribution in [3.63, 3.8) is 0 Å². The van der Waals surface area contributed by atoms with E-state index in [4.69, 9.17) is 11.6 Å². The Morgan fingerprint density at radius 1 is 1.17 bits per heavy atom. The van der Waals surface area contributed by atoms with E-state index >= 15 is 0 Å². The van der Waals surface area contributed by atoms with E-state index in [0.29, 0.717) is 25.3 Å². The van der Waals surface area contributed by atoms with E-state index in [9.17, 15) is 9.59 Å². The van der Waals surface area contributed by atoms with Gasteiger partial charge in [-0.2, -0.15) is 11.8 Å². The molecule has 0 aromatic heterocycles. The number of carbonyl (C=O) groups is 2. The van der Waals surface area contributed by atoms with Crippen molar-refractivity contribution in [1.29, 1.82) is 0 Å². The van der Waals surface area contributed by atoms with Crippen LogP contribution in [0.5, 0.6) is 0 Å². The average molecular weight is 354 g/mol. The molecule has 1 aromatic rings. The molecule has 0 unspecified atom stereocenters. The first-order valence-electron chi connectivity index (χ1n) is 7.80. The molecule has 2 aliphatic rings. The molecule has 0 saturated carbocycles. The van der Waals surface area contributed by atoms with Gasteiger partial charge in [-0.1, -0.05) is 11.6 Å². The number of nitrogens with one attached hydrogen (secondary N) is 1. The SMILES string of the molecule is O=C1CCSC[C@H](C(=O)N2CCN(c3ccc(Cl)cc3)CC2)N1. The second kappa shape index (κ2) is 7.45. The summed E-state index contributed by atoms with van der Waals surface area (Å²) in [5.41, 5.74) is 1.12. The number of carbonyl (C=O) groups excluding carboxylic acids is 2. The molecule has 2 amide bonds. The van der Waals surface area contributed by atoms with Crippen molar-refractivity contribution < 1.29 is 9.59 Å².